The fraction of sp³-hybridized carbons (Fsp3) is 0.500. The number of amides is 1. The molecule has 1 fully saturated rings. The zero-order chi connectivity index (χ0) is 14.8. The number of aromatic amines is 1. The first-order valence-electron chi connectivity index (χ1n) is 7.48. The van der Waals surface area contributed by atoms with E-state index >= 15 is 0 Å². The van der Waals surface area contributed by atoms with Crippen LogP contribution in [0.3, 0.4) is 0 Å². The Kier molecular flexibility index (Phi) is 4.10. The van der Waals surface area contributed by atoms with E-state index in [-0.39, 0.29) is 5.91 Å². The van der Waals surface area contributed by atoms with Gasteiger partial charge in [0, 0.05) is 23.7 Å². The zero-order valence-electron chi connectivity index (χ0n) is 12.6. The summed E-state index contributed by atoms with van der Waals surface area (Å²) < 4.78 is 0. The molecule has 1 amide bonds. The molecule has 0 radical (unpaired) electrons. The summed E-state index contributed by atoms with van der Waals surface area (Å²) in [5, 5.41) is 7.17. The molecule has 2 aromatic heterocycles. The van der Waals surface area contributed by atoms with Gasteiger partial charge in [-0.2, -0.15) is 5.10 Å². The van der Waals surface area contributed by atoms with E-state index in [4.69, 9.17) is 0 Å². The predicted octanol–water partition coefficient (Wildman–Crippen LogP) is 3.18. The number of likely N-dealkylation sites (tertiary alicyclic amines) is 1. The molecule has 1 unspecified atom stereocenters. The van der Waals surface area contributed by atoms with Crippen LogP contribution in [0.1, 0.15) is 38.6 Å². The van der Waals surface area contributed by atoms with Crippen LogP contribution in [0, 0.1) is 19.8 Å². The SMILES string of the molecule is Cc1ccc(C(=O)N2CCCC(Cc3[nH]ncc3C)C2)s1. The second-order valence-electron chi connectivity index (χ2n) is 5.91. The van der Waals surface area contributed by atoms with E-state index in [2.05, 4.69) is 17.1 Å². The molecule has 1 aliphatic heterocycles. The van der Waals surface area contributed by atoms with Gasteiger partial charge in [0.2, 0.25) is 0 Å². The third-order valence-electron chi connectivity index (χ3n) is 4.18. The Morgan fingerprint density at radius 1 is 1.48 bits per heavy atom. The summed E-state index contributed by atoms with van der Waals surface area (Å²) in [5.74, 6) is 0.724. The third kappa shape index (κ3) is 3.18. The van der Waals surface area contributed by atoms with Crippen LogP contribution in [0.15, 0.2) is 18.3 Å². The molecule has 21 heavy (non-hydrogen) atoms. The van der Waals surface area contributed by atoms with Gasteiger partial charge in [-0.15, -0.1) is 11.3 Å². The Morgan fingerprint density at radius 3 is 3.00 bits per heavy atom. The molecular weight excluding hydrogens is 282 g/mol. The van der Waals surface area contributed by atoms with E-state index in [0.29, 0.717) is 5.92 Å². The van der Waals surface area contributed by atoms with Crippen LogP contribution in [-0.4, -0.2) is 34.1 Å². The number of thiophene rings is 1. The molecule has 1 N–H and O–H groups in total. The number of hydrogen-bond acceptors (Lipinski definition) is 3. The minimum absolute atomic E-state index is 0.194. The zero-order valence-corrected chi connectivity index (χ0v) is 13.4. The van der Waals surface area contributed by atoms with Crippen LogP contribution in [0.4, 0.5) is 0 Å². The number of rotatable bonds is 3. The van der Waals surface area contributed by atoms with Crippen molar-refractivity contribution in [2.45, 2.75) is 33.1 Å². The second-order valence-corrected chi connectivity index (χ2v) is 7.19. The summed E-state index contributed by atoms with van der Waals surface area (Å²) in [6.07, 6.45) is 5.13. The van der Waals surface area contributed by atoms with Gasteiger partial charge in [-0.05, 0) is 56.7 Å². The summed E-state index contributed by atoms with van der Waals surface area (Å²) in [6, 6.07) is 3.97. The van der Waals surface area contributed by atoms with Crippen molar-refractivity contribution in [3.8, 4) is 0 Å². The van der Waals surface area contributed by atoms with Gasteiger partial charge in [0.05, 0.1) is 11.1 Å². The number of carbonyl (C=O) groups excluding carboxylic acids is 1. The molecule has 2 aromatic rings. The van der Waals surface area contributed by atoms with Gasteiger partial charge < -0.3 is 4.90 Å². The van der Waals surface area contributed by atoms with Crippen molar-refractivity contribution in [3.05, 3.63) is 39.3 Å². The van der Waals surface area contributed by atoms with E-state index in [9.17, 15) is 4.79 Å². The van der Waals surface area contributed by atoms with Crippen LogP contribution in [0.25, 0.3) is 0 Å². The molecule has 3 rings (SSSR count). The standard InChI is InChI=1S/C16H21N3OS/c1-11-9-17-18-14(11)8-13-4-3-7-19(10-13)16(20)15-6-5-12(2)21-15/h5-6,9,13H,3-4,7-8,10H2,1-2H3,(H,17,18). The first-order valence-corrected chi connectivity index (χ1v) is 8.29. The summed E-state index contributed by atoms with van der Waals surface area (Å²) in [7, 11) is 0. The Labute approximate surface area is 129 Å². The summed E-state index contributed by atoms with van der Waals surface area (Å²) >= 11 is 1.59. The molecule has 3 heterocycles. The molecule has 5 heteroatoms. The lowest BCUT2D eigenvalue weighted by atomic mass is 9.92. The van der Waals surface area contributed by atoms with Crippen molar-refractivity contribution in [1.29, 1.82) is 0 Å². The summed E-state index contributed by atoms with van der Waals surface area (Å²) in [6.45, 7) is 5.86. The third-order valence-corrected chi connectivity index (χ3v) is 5.17. The highest BCUT2D eigenvalue weighted by Crippen LogP contribution is 2.24. The van der Waals surface area contributed by atoms with Crippen molar-refractivity contribution >= 4 is 17.2 Å². The highest BCUT2D eigenvalue weighted by Gasteiger charge is 2.25. The fourth-order valence-electron chi connectivity index (χ4n) is 2.99. The maximum absolute atomic E-state index is 12.5. The predicted molar refractivity (Wildman–Crippen MR) is 84.7 cm³/mol. The lowest BCUT2D eigenvalue weighted by Crippen LogP contribution is -2.40. The van der Waals surface area contributed by atoms with Gasteiger partial charge in [-0.1, -0.05) is 0 Å². The Balaban J connectivity index is 1.65. The van der Waals surface area contributed by atoms with Crippen molar-refractivity contribution in [2.75, 3.05) is 13.1 Å². The monoisotopic (exact) mass is 303 g/mol. The molecule has 0 spiro atoms. The molecule has 0 aliphatic carbocycles. The number of aryl methyl sites for hydroxylation is 2. The van der Waals surface area contributed by atoms with Gasteiger partial charge in [0.1, 0.15) is 0 Å². The van der Waals surface area contributed by atoms with Gasteiger partial charge >= 0.3 is 0 Å². The lowest BCUT2D eigenvalue weighted by molar-refractivity contribution is 0.0677. The maximum atomic E-state index is 12.5. The quantitative estimate of drug-likeness (QED) is 0.946. The van der Waals surface area contributed by atoms with E-state index in [1.165, 1.54) is 22.6 Å². The number of nitrogens with one attached hydrogen (secondary N) is 1. The molecule has 4 nitrogen and oxygen atoms in total. The Morgan fingerprint density at radius 2 is 2.33 bits per heavy atom. The Hall–Kier alpha value is -1.62. The highest BCUT2D eigenvalue weighted by atomic mass is 32.1. The normalized spacial score (nSPS) is 19.0. The largest absolute Gasteiger partial charge is 0.338 e. The van der Waals surface area contributed by atoms with Crippen molar-refractivity contribution < 1.29 is 4.79 Å². The lowest BCUT2D eigenvalue weighted by Gasteiger charge is -2.32. The van der Waals surface area contributed by atoms with Crippen molar-refractivity contribution in [1.82, 2.24) is 15.1 Å². The number of nitrogens with zero attached hydrogens (tertiary/aromatic N) is 2. The van der Waals surface area contributed by atoms with E-state index < -0.39 is 0 Å². The number of aromatic nitrogens is 2. The fourth-order valence-corrected chi connectivity index (χ4v) is 3.83. The number of carbonyl (C=O) groups is 1. The summed E-state index contributed by atoms with van der Waals surface area (Å²) in [5.41, 5.74) is 2.42. The average Bonchev–Trinajstić information content (AvgIpc) is 3.08. The second kappa shape index (κ2) is 6.02. The molecule has 0 bridgehead atoms. The van der Waals surface area contributed by atoms with Crippen molar-refractivity contribution in [3.63, 3.8) is 0 Å². The van der Waals surface area contributed by atoms with Crippen LogP contribution in [-0.2, 0) is 6.42 Å². The molecule has 112 valence electrons. The first-order chi connectivity index (χ1) is 10.1. The number of H-pyrrole nitrogens is 1. The molecule has 1 saturated heterocycles. The molecule has 1 aliphatic rings. The van der Waals surface area contributed by atoms with Gasteiger partial charge in [0.25, 0.3) is 5.91 Å². The van der Waals surface area contributed by atoms with Crippen molar-refractivity contribution in [2.24, 2.45) is 5.92 Å². The van der Waals surface area contributed by atoms with Gasteiger partial charge in [-0.25, -0.2) is 0 Å². The smallest absolute Gasteiger partial charge is 0.263 e. The molecule has 0 saturated carbocycles. The minimum atomic E-state index is 0.194. The number of hydrogen-bond donors (Lipinski definition) is 1. The van der Waals surface area contributed by atoms with Gasteiger partial charge in [-0.3, -0.25) is 9.89 Å². The molecular formula is C16H21N3OS. The minimum Gasteiger partial charge on any atom is -0.338 e. The van der Waals surface area contributed by atoms with Crippen LogP contribution in [0.5, 0.6) is 0 Å². The average molecular weight is 303 g/mol. The van der Waals surface area contributed by atoms with Crippen LogP contribution >= 0.6 is 11.3 Å². The van der Waals surface area contributed by atoms with E-state index in [1.807, 2.05) is 30.2 Å². The van der Waals surface area contributed by atoms with E-state index in [0.717, 1.165) is 30.8 Å². The molecule has 0 aromatic carbocycles. The van der Waals surface area contributed by atoms with Crippen LogP contribution < -0.4 is 0 Å². The summed E-state index contributed by atoms with van der Waals surface area (Å²) in [4.78, 5) is 16.6. The maximum Gasteiger partial charge on any atom is 0.263 e. The first kappa shape index (κ1) is 14.3. The van der Waals surface area contributed by atoms with Gasteiger partial charge in [0.15, 0.2) is 0 Å². The van der Waals surface area contributed by atoms with Crippen LogP contribution in [0.2, 0.25) is 0 Å². The topological polar surface area (TPSA) is 49.0 Å². The Bertz CT molecular complexity index is 631. The highest BCUT2D eigenvalue weighted by molar-refractivity contribution is 7.13. The van der Waals surface area contributed by atoms with E-state index in [1.54, 1.807) is 11.3 Å². The molecule has 1 atom stereocenters. The number of piperidine rings is 1.